The highest BCUT2D eigenvalue weighted by Crippen LogP contribution is 2.26. The average Bonchev–Trinajstić information content (AvgIpc) is 2.67. The van der Waals surface area contributed by atoms with Gasteiger partial charge in [0.05, 0.1) is 5.56 Å². The van der Waals surface area contributed by atoms with E-state index in [1.165, 1.54) is 36.0 Å². The quantitative estimate of drug-likeness (QED) is 0.383. The second-order valence-electron chi connectivity index (χ2n) is 6.02. The first-order chi connectivity index (χ1) is 13.8. The average molecular weight is 436 g/mol. The fraction of sp³-hybridized carbons (Fsp3) is 0.150. The predicted molar refractivity (Wildman–Crippen MR) is 109 cm³/mol. The van der Waals surface area contributed by atoms with Gasteiger partial charge in [0.15, 0.2) is 0 Å². The van der Waals surface area contributed by atoms with Crippen LogP contribution in [0.15, 0.2) is 66.0 Å². The van der Waals surface area contributed by atoms with E-state index >= 15 is 0 Å². The highest BCUT2D eigenvalue weighted by Gasteiger charge is 2.23. The van der Waals surface area contributed by atoms with E-state index < -0.39 is 6.11 Å². The summed E-state index contributed by atoms with van der Waals surface area (Å²) in [5.74, 6) is 0.212. The number of pyridine rings is 2. The Morgan fingerprint density at radius 1 is 1.17 bits per heavy atom. The van der Waals surface area contributed by atoms with Gasteiger partial charge in [-0.2, -0.15) is 8.78 Å². The number of rotatable bonds is 7. The molecule has 0 aliphatic rings. The number of nitrogens with one attached hydrogen (secondary N) is 1. The third-order valence-corrected chi connectivity index (χ3v) is 4.87. The second kappa shape index (κ2) is 9.19. The van der Waals surface area contributed by atoms with Crippen molar-refractivity contribution in [2.75, 3.05) is 5.32 Å². The van der Waals surface area contributed by atoms with Crippen LogP contribution in [0.25, 0.3) is 0 Å². The van der Waals surface area contributed by atoms with Gasteiger partial charge in [0.1, 0.15) is 15.9 Å². The number of hydrogen-bond donors (Lipinski definition) is 1. The number of hydrogen-bond acceptors (Lipinski definition) is 5. The lowest BCUT2D eigenvalue weighted by atomic mass is 10.2. The lowest BCUT2D eigenvalue weighted by Crippen LogP contribution is -2.19. The Labute approximate surface area is 175 Å². The number of aromatic nitrogens is 2. The van der Waals surface area contributed by atoms with Crippen LogP contribution in [0.5, 0.6) is 5.75 Å². The number of carbonyl (C=O) groups excluding carboxylic acids is 1. The Balaban J connectivity index is 1.68. The van der Waals surface area contributed by atoms with Crippen LogP contribution >= 0.6 is 23.4 Å². The molecule has 0 radical (unpaired) electrons. The topological polar surface area (TPSA) is 64.1 Å². The van der Waals surface area contributed by atoms with Crippen LogP contribution in [0.4, 0.5) is 14.5 Å². The Morgan fingerprint density at radius 2 is 1.93 bits per heavy atom. The number of thioether (sulfide) groups is 1. The molecular formula is C20H16ClF2N3O2S. The molecule has 1 amide bonds. The smallest absolute Gasteiger partial charge is 0.394 e. The number of halogens is 3. The summed E-state index contributed by atoms with van der Waals surface area (Å²) in [5, 5.41) is 3.69. The summed E-state index contributed by atoms with van der Waals surface area (Å²) in [4.78, 5) is 20.9. The largest absolute Gasteiger partial charge is 0.433 e. The van der Waals surface area contributed by atoms with Gasteiger partial charge in [-0.1, -0.05) is 11.6 Å². The molecule has 3 rings (SSSR count). The minimum Gasteiger partial charge on any atom is -0.433 e. The maximum Gasteiger partial charge on any atom is 0.394 e. The number of amides is 1. The van der Waals surface area contributed by atoms with Crippen molar-refractivity contribution in [1.29, 1.82) is 0 Å². The molecule has 0 spiro atoms. The Bertz CT molecular complexity index is 998. The zero-order valence-corrected chi connectivity index (χ0v) is 16.8. The van der Waals surface area contributed by atoms with Crippen LogP contribution in [0.2, 0.25) is 5.15 Å². The van der Waals surface area contributed by atoms with E-state index in [0.717, 1.165) is 5.56 Å². The monoisotopic (exact) mass is 435 g/mol. The van der Waals surface area contributed by atoms with Gasteiger partial charge in [0, 0.05) is 30.8 Å². The number of nitrogens with zero attached hydrogens (tertiary/aromatic N) is 2. The molecule has 0 fully saturated rings. The normalized spacial score (nSPS) is 11.2. The van der Waals surface area contributed by atoms with E-state index in [9.17, 15) is 13.6 Å². The molecule has 0 saturated heterocycles. The zero-order valence-electron chi connectivity index (χ0n) is 15.2. The first-order valence-electron chi connectivity index (χ1n) is 8.47. The van der Waals surface area contributed by atoms with Crippen molar-refractivity contribution in [1.82, 2.24) is 9.97 Å². The molecule has 0 bridgehead atoms. The van der Waals surface area contributed by atoms with Crippen molar-refractivity contribution in [3.63, 3.8) is 0 Å². The molecule has 2 aromatic heterocycles. The van der Waals surface area contributed by atoms with Crippen LogP contribution < -0.4 is 10.1 Å². The molecule has 3 aromatic rings. The Kier molecular flexibility index (Phi) is 6.66. The molecule has 1 aromatic carbocycles. The van der Waals surface area contributed by atoms with Crippen LogP contribution in [0.3, 0.4) is 0 Å². The highest BCUT2D eigenvalue weighted by atomic mass is 35.5. The number of anilines is 1. The molecule has 0 saturated carbocycles. The lowest BCUT2D eigenvalue weighted by molar-refractivity contribution is -0.158. The summed E-state index contributed by atoms with van der Waals surface area (Å²) in [6.45, 7) is 0.657. The summed E-state index contributed by atoms with van der Waals surface area (Å²) in [5.41, 5.74) is 1.80. The lowest BCUT2D eigenvalue weighted by Gasteiger charge is -2.13. The molecule has 0 aliphatic heterocycles. The van der Waals surface area contributed by atoms with Crippen LogP contribution in [0, 0.1) is 0 Å². The maximum atomic E-state index is 12.9. The summed E-state index contributed by atoms with van der Waals surface area (Å²) in [6, 6.07) is 12.6. The van der Waals surface area contributed by atoms with Gasteiger partial charge >= 0.3 is 6.11 Å². The van der Waals surface area contributed by atoms with Crippen LogP contribution in [0.1, 0.15) is 22.8 Å². The van der Waals surface area contributed by atoms with Crippen molar-refractivity contribution < 1.29 is 18.3 Å². The van der Waals surface area contributed by atoms with Crippen molar-refractivity contribution in [3.05, 3.63) is 77.2 Å². The Hall–Kier alpha value is -2.71. The standard InChI is InChI=1S/C20H16ClF2N3O2S/c1-20(22,23)28-15-6-4-14(5-7-15)26-18(27)16-3-2-9-25-19(16)29-12-13-8-10-24-17(21)11-13/h2-11H,12H2,1H3,(H,26,27). The number of carbonyl (C=O) groups is 1. The molecule has 1 N–H and O–H groups in total. The van der Waals surface area contributed by atoms with Crippen molar-refractivity contribution in [3.8, 4) is 5.75 Å². The molecule has 2 heterocycles. The van der Waals surface area contributed by atoms with Crippen molar-refractivity contribution >= 4 is 35.0 Å². The second-order valence-corrected chi connectivity index (χ2v) is 7.37. The van der Waals surface area contributed by atoms with Gasteiger partial charge in [-0.15, -0.1) is 11.8 Å². The van der Waals surface area contributed by atoms with Gasteiger partial charge < -0.3 is 10.1 Å². The third kappa shape index (κ3) is 6.40. The number of alkyl halides is 2. The van der Waals surface area contributed by atoms with Crippen molar-refractivity contribution in [2.45, 2.75) is 23.8 Å². The van der Waals surface area contributed by atoms with E-state index in [4.69, 9.17) is 11.6 Å². The molecule has 0 atom stereocenters. The molecule has 0 aliphatic carbocycles. The van der Waals surface area contributed by atoms with Gasteiger partial charge in [0.2, 0.25) is 0 Å². The number of ether oxygens (including phenoxy) is 1. The SMILES string of the molecule is CC(F)(F)Oc1ccc(NC(=O)c2cccnc2SCc2ccnc(Cl)c2)cc1. The summed E-state index contributed by atoms with van der Waals surface area (Å²) < 4.78 is 30.3. The first-order valence-corrected chi connectivity index (χ1v) is 9.83. The summed E-state index contributed by atoms with van der Waals surface area (Å²) in [7, 11) is 0. The molecule has 150 valence electrons. The van der Waals surface area contributed by atoms with E-state index in [2.05, 4.69) is 20.0 Å². The zero-order chi connectivity index (χ0) is 20.9. The highest BCUT2D eigenvalue weighted by molar-refractivity contribution is 7.98. The molecule has 0 unspecified atom stereocenters. The van der Waals surface area contributed by atoms with E-state index in [1.54, 1.807) is 30.6 Å². The third-order valence-electron chi connectivity index (χ3n) is 3.59. The van der Waals surface area contributed by atoms with Crippen LogP contribution in [-0.4, -0.2) is 22.0 Å². The molecule has 29 heavy (non-hydrogen) atoms. The van der Waals surface area contributed by atoms with Gasteiger partial charge in [-0.25, -0.2) is 9.97 Å². The molecule has 9 heteroatoms. The number of benzene rings is 1. The fourth-order valence-corrected chi connectivity index (χ4v) is 3.51. The van der Waals surface area contributed by atoms with Gasteiger partial charge in [0.25, 0.3) is 5.91 Å². The minimum absolute atomic E-state index is 0.00383. The Morgan fingerprint density at radius 3 is 2.62 bits per heavy atom. The molecular weight excluding hydrogens is 420 g/mol. The minimum atomic E-state index is -3.27. The summed E-state index contributed by atoms with van der Waals surface area (Å²) >= 11 is 7.29. The molecule has 5 nitrogen and oxygen atoms in total. The van der Waals surface area contributed by atoms with E-state index in [-0.39, 0.29) is 11.7 Å². The predicted octanol–water partition coefficient (Wildman–Crippen LogP) is 5.67. The maximum absolute atomic E-state index is 12.9. The fourth-order valence-electron chi connectivity index (χ4n) is 2.37. The first kappa shape index (κ1) is 21.0. The van der Waals surface area contributed by atoms with Crippen LogP contribution in [-0.2, 0) is 5.75 Å². The van der Waals surface area contributed by atoms with Crippen molar-refractivity contribution in [2.24, 2.45) is 0 Å². The van der Waals surface area contributed by atoms with E-state index in [1.807, 2.05) is 6.07 Å². The summed E-state index contributed by atoms with van der Waals surface area (Å²) in [6.07, 6.45) is -0.0482. The van der Waals surface area contributed by atoms with Gasteiger partial charge in [-0.05, 0) is 54.1 Å². The van der Waals surface area contributed by atoms with E-state index in [0.29, 0.717) is 34.1 Å². The van der Waals surface area contributed by atoms with Gasteiger partial charge in [-0.3, -0.25) is 4.79 Å².